The van der Waals surface area contributed by atoms with Gasteiger partial charge in [-0.15, -0.1) is 0 Å². The molecule has 2 fully saturated rings. The van der Waals surface area contributed by atoms with E-state index in [0.29, 0.717) is 32.2 Å². The fraction of sp³-hybridized carbons (Fsp3) is 0.619. The molecule has 2 heterocycles. The topological polar surface area (TPSA) is 70.7 Å². The highest BCUT2D eigenvalue weighted by Gasteiger charge is 2.29. The first-order valence-electron chi connectivity index (χ1n) is 10.1. The first kappa shape index (κ1) is 19.7. The third kappa shape index (κ3) is 5.96. The Morgan fingerprint density at radius 1 is 1.19 bits per heavy atom. The fourth-order valence-corrected chi connectivity index (χ4v) is 3.90. The molecular weight excluding hydrogens is 342 g/mol. The highest BCUT2D eigenvalue weighted by atomic mass is 16.5. The van der Waals surface area contributed by atoms with E-state index in [1.165, 1.54) is 0 Å². The lowest BCUT2D eigenvalue weighted by molar-refractivity contribution is -0.136. The quantitative estimate of drug-likeness (QED) is 0.800. The summed E-state index contributed by atoms with van der Waals surface area (Å²) in [4.78, 5) is 26.7. The summed E-state index contributed by atoms with van der Waals surface area (Å²) in [6.07, 6.45) is 3.85. The average Bonchev–Trinajstić information content (AvgIpc) is 2.69. The van der Waals surface area contributed by atoms with Crippen molar-refractivity contribution in [3.05, 3.63) is 30.3 Å². The van der Waals surface area contributed by atoms with Crippen molar-refractivity contribution in [1.82, 2.24) is 15.5 Å². The van der Waals surface area contributed by atoms with E-state index in [0.717, 1.165) is 38.0 Å². The van der Waals surface area contributed by atoms with Gasteiger partial charge in [0.15, 0.2) is 0 Å². The molecule has 0 spiro atoms. The summed E-state index contributed by atoms with van der Waals surface area (Å²) < 4.78 is 5.60. The zero-order valence-corrected chi connectivity index (χ0v) is 16.2. The molecule has 2 unspecified atom stereocenters. The number of nitrogens with one attached hydrogen (secondary N) is 2. The van der Waals surface area contributed by atoms with Crippen LogP contribution in [0.4, 0.5) is 0 Å². The second-order valence-electron chi connectivity index (χ2n) is 7.65. The van der Waals surface area contributed by atoms with Gasteiger partial charge in [-0.3, -0.25) is 9.59 Å². The SMILES string of the molecule is CC1CC(NC(=O)C2CCN(C(=O)CCOc3ccccc3)CC2)CCN1. The number of nitrogens with zero attached hydrogens (tertiary/aromatic N) is 1. The monoisotopic (exact) mass is 373 g/mol. The van der Waals surface area contributed by atoms with Crippen molar-refractivity contribution in [3.63, 3.8) is 0 Å². The predicted octanol–water partition coefficient (Wildman–Crippen LogP) is 1.95. The molecule has 1 aromatic carbocycles. The first-order chi connectivity index (χ1) is 13.1. The van der Waals surface area contributed by atoms with Gasteiger partial charge in [-0.2, -0.15) is 0 Å². The van der Waals surface area contributed by atoms with Crippen LogP contribution in [0, 0.1) is 5.92 Å². The number of amides is 2. The van der Waals surface area contributed by atoms with Crippen LogP contribution < -0.4 is 15.4 Å². The molecule has 0 radical (unpaired) electrons. The molecule has 1 aromatic rings. The Hall–Kier alpha value is -2.08. The second kappa shape index (κ2) is 9.74. The van der Waals surface area contributed by atoms with Gasteiger partial charge >= 0.3 is 0 Å². The highest BCUT2D eigenvalue weighted by molar-refractivity contribution is 5.80. The maximum Gasteiger partial charge on any atom is 0.225 e. The number of ether oxygens (including phenoxy) is 1. The Labute approximate surface area is 161 Å². The summed E-state index contributed by atoms with van der Waals surface area (Å²) in [6, 6.07) is 10.3. The standard InChI is InChI=1S/C21H31N3O3/c1-16-15-18(7-11-22-16)23-21(26)17-8-12-24(13-9-17)20(25)10-14-27-19-5-3-2-4-6-19/h2-6,16-18,22H,7-15H2,1H3,(H,23,26). The number of para-hydroxylation sites is 1. The molecule has 6 nitrogen and oxygen atoms in total. The number of hydrogen-bond donors (Lipinski definition) is 2. The van der Waals surface area contributed by atoms with Gasteiger partial charge in [0.25, 0.3) is 0 Å². The fourth-order valence-electron chi connectivity index (χ4n) is 3.90. The summed E-state index contributed by atoms with van der Waals surface area (Å²) in [7, 11) is 0. The molecule has 2 aliphatic heterocycles. The Kier molecular flexibility index (Phi) is 7.10. The van der Waals surface area contributed by atoms with Gasteiger partial charge in [0.1, 0.15) is 5.75 Å². The van der Waals surface area contributed by atoms with Crippen molar-refractivity contribution in [1.29, 1.82) is 0 Å². The van der Waals surface area contributed by atoms with Crippen LogP contribution in [0.5, 0.6) is 5.75 Å². The van der Waals surface area contributed by atoms with Crippen LogP contribution in [0.3, 0.4) is 0 Å². The van der Waals surface area contributed by atoms with Crippen LogP contribution in [-0.4, -0.2) is 55.0 Å². The molecule has 3 rings (SSSR count). The van der Waals surface area contributed by atoms with Crippen molar-refractivity contribution >= 4 is 11.8 Å². The van der Waals surface area contributed by atoms with E-state index in [-0.39, 0.29) is 23.8 Å². The maximum absolute atomic E-state index is 12.5. The van der Waals surface area contributed by atoms with E-state index >= 15 is 0 Å². The van der Waals surface area contributed by atoms with Gasteiger partial charge in [0.05, 0.1) is 13.0 Å². The number of carbonyl (C=O) groups excluding carboxylic acids is 2. The van der Waals surface area contributed by atoms with Gasteiger partial charge in [-0.1, -0.05) is 18.2 Å². The third-order valence-electron chi connectivity index (χ3n) is 5.52. The van der Waals surface area contributed by atoms with E-state index < -0.39 is 0 Å². The Bertz CT molecular complexity index is 614. The lowest BCUT2D eigenvalue weighted by atomic mass is 9.94. The maximum atomic E-state index is 12.5. The zero-order valence-electron chi connectivity index (χ0n) is 16.2. The molecule has 0 saturated carbocycles. The molecule has 2 N–H and O–H groups in total. The molecule has 0 bridgehead atoms. The molecule has 2 aliphatic rings. The minimum absolute atomic E-state index is 0.0276. The van der Waals surface area contributed by atoms with Gasteiger partial charge in [-0.05, 0) is 51.3 Å². The normalized spacial score (nSPS) is 23.7. The van der Waals surface area contributed by atoms with Crippen molar-refractivity contribution < 1.29 is 14.3 Å². The van der Waals surface area contributed by atoms with Crippen LogP contribution in [-0.2, 0) is 9.59 Å². The Balaban J connectivity index is 1.35. The Morgan fingerprint density at radius 2 is 1.93 bits per heavy atom. The van der Waals surface area contributed by atoms with Gasteiger partial charge in [0.2, 0.25) is 11.8 Å². The van der Waals surface area contributed by atoms with Crippen LogP contribution >= 0.6 is 0 Å². The van der Waals surface area contributed by atoms with Gasteiger partial charge in [0, 0.05) is 31.1 Å². The van der Waals surface area contributed by atoms with Crippen LogP contribution in [0.1, 0.15) is 39.0 Å². The number of carbonyl (C=O) groups is 2. The van der Waals surface area contributed by atoms with E-state index in [1.54, 1.807) is 0 Å². The lowest BCUT2D eigenvalue weighted by Crippen LogP contribution is -2.49. The molecule has 2 atom stereocenters. The van der Waals surface area contributed by atoms with Crippen molar-refractivity contribution in [3.8, 4) is 5.75 Å². The smallest absolute Gasteiger partial charge is 0.225 e. The third-order valence-corrected chi connectivity index (χ3v) is 5.52. The largest absolute Gasteiger partial charge is 0.493 e. The molecule has 2 amide bonds. The predicted molar refractivity (Wildman–Crippen MR) is 104 cm³/mol. The van der Waals surface area contributed by atoms with E-state index in [4.69, 9.17) is 4.74 Å². The molecule has 148 valence electrons. The molecule has 0 aromatic heterocycles. The molecule has 0 aliphatic carbocycles. The van der Waals surface area contributed by atoms with Crippen LogP contribution in [0.25, 0.3) is 0 Å². The van der Waals surface area contributed by atoms with Crippen LogP contribution in [0.15, 0.2) is 30.3 Å². The van der Waals surface area contributed by atoms with Gasteiger partial charge in [-0.25, -0.2) is 0 Å². The minimum atomic E-state index is 0.0276. The van der Waals surface area contributed by atoms with E-state index in [1.807, 2.05) is 35.2 Å². The summed E-state index contributed by atoms with van der Waals surface area (Å²) >= 11 is 0. The summed E-state index contributed by atoms with van der Waals surface area (Å²) in [5, 5.41) is 6.62. The number of piperidine rings is 2. The zero-order chi connectivity index (χ0) is 19.1. The van der Waals surface area contributed by atoms with Crippen molar-refractivity contribution in [2.45, 2.75) is 51.1 Å². The van der Waals surface area contributed by atoms with E-state index in [9.17, 15) is 9.59 Å². The minimum Gasteiger partial charge on any atom is -0.493 e. The number of likely N-dealkylation sites (tertiary alicyclic amines) is 1. The second-order valence-corrected chi connectivity index (χ2v) is 7.65. The summed E-state index contributed by atoms with van der Waals surface area (Å²) in [5.41, 5.74) is 0. The summed E-state index contributed by atoms with van der Waals surface area (Å²) in [5.74, 6) is 1.08. The molecule has 6 heteroatoms. The number of rotatable bonds is 6. The van der Waals surface area contributed by atoms with Gasteiger partial charge < -0.3 is 20.3 Å². The molecule has 27 heavy (non-hydrogen) atoms. The highest BCUT2D eigenvalue weighted by Crippen LogP contribution is 2.19. The van der Waals surface area contributed by atoms with Crippen LogP contribution in [0.2, 0.25) is 0 Å². The average molecular weight is 373 g/mol. The number of hydrogen-bond acceptors (Lipinski definition) is 4. The Morgan fingerprint density at radius 3 is 2.63 bits per heavy atom. The summed E-state index contributed by atoms with van der Waals surface area (Å²) in [6.45, 7) is 4.82. The first-order valence-corrected chi connectivity index (χ1v) is 10.1. The van der Waals surface area contributed by atoms with Crippen molar-refractivity contribution in [2.75, 3.05) is 26.2 Å². The molecule has 2 saturated heterocycles. The molecular formula is C21H31N3O3. The lowest BCUT2D eigenvalue weighted by Gasteiger charge is -2.34. The van der Waals surface area contributed by atoms with Crippen molar-refractivity contribution in [2.24, 2.45) is 5.92 Å². The number of benzene rings is 1. The van der Waals surface area contributed by atoms with E-state index in [2.05, 4.69) is 17.6 Å².